The molecule has 0 radical (unpaired) electrons. The molecule has 0 saturated carbocycles. The third-order valence-electron chi connectivity index (χ3n) is 2.55. The normalized spacial score (nSPS) is 10.9. The first-order valence-corrected chi connectivity index (χ1v) is 6.22. The van der Waals surface area contributed by atoms with E-state index >= 15 is 0 Å². The molecule has 1 unspecified atom stereocenters. The standard InChI is InChI=1S/C8H8O3.C8H8O2/c9-7(8(10)11)6-4-2-1-3-5-6;9-8(10)6-7-4-2-1-3-5-7/h1-5,7,9H,(H,10,11);1-5H,6H2,(H,9,10). The first-order chi connectivity index (χ1) is 10.0. The van der Waals surface area contributed by atoms with E-state index in [-0.39, 0.29) is 6.42 Å². The van der Waals surface area contributed by atoms with Gasteiger partial charge in [0.1, 0.15) is 0 Å². The Morgan fingerprint density at radius 1 is 0.857 bits per heavy atom. The van der Waals surface area contributed by atoms with Crippen LogP contribution in [0.15, 0.2) is 60.7 Å². The summed E-state index contributed by atoms with van der Waals surface area (Å²) in [6.07, 6.45) is -1.29. The van der Waals surface area contributed by atoms with Crippen molar-refractivity contribution in [3.8, 4) is 0 Å². The van der Waals surface area contributed by atoms with Gasteiger partial charge < -0.3 is 15.3 Å². The maximum Gasteiger partial charge on any atom is 0.337 e. The molecule has 5 heteroatoms. The van der Waals surface area contributed by atoms with Crippen LogP contribution in [-0.4, -0.2) is 27.3 Å². The Labute approximate surface area is 122 Å². The van der Waals surface area contributed by atoms with Gasteiger partial charge in [0.15, 0.2) is 6.10 Å². The summed E-state index contributed by atoms with van der Waals surface area (Å²) in [5, 5.41) is 25.8. The van der Waals surface area contributed by atoms with Crippen LogP contribution in [-0.2, 0) is 16.0 Å². The van der Waals surface area contributed by atoms with Gasteiger partial charge in [-0.05, 0) is 11.1 Å². The molecule has 5 nitrogen and oxygen atoms in total. The van der Waals surface area contributed by atoms with Gasteiger partial charge in [0.05, 0.1) is 6.42 Å². The van der Waals surface area contributed by atoms with Crippen molar-refractivity contribution in [2.75, 3.05) is 0 Å². The van der Waals surface area contributed by atoms with Crippen LogP contribution in [0.5, 0.6) is 0 Å². The lowest BCUT2D eigenvalue weighted by atomic mass is 10.1. The molecule has 2 aromatic rings. The Morgan fingerprint density at radius 2 is 1.33 bits per heavy atom. The van der Waals surface area contributed by atoms with Crippen LogP contribution in [0.4, 0.5) is 0 Å². The minimum Gasteiger partial charge on any atom is -0.481 e. The Kier molecular flexibility index (Phi) is 6.63. The lowest BCUT2D eigenvalue weighted by Gasteiger charge is -2.03. The average Bonchev–Trinajstić information content (AvgIpc) is 2.48. The zero-order valence-electron chi connectivity index (χ0n) is 11.2. The molecule has 0 aromatic heterocycles. The van der Waals surface area contributed by atoms with Crippen molar-refractivity contribution >= 4 is 11.9 Å². The SMILES string of the molecule is O=C(O)C(O)c1ccccc1.O=C(O)Cc1ccccc1. The van der Waals surface area contributed by atoms with Crippen molar-refractivity contribution in [3.63, 3.8) is 0 Å². The Balaban J connectivity index is 0.000000211. The molecule has 2 aromatic carbocycles. The molecule has 0 bridgehead atoms. The highest BCUT2D eigenvalue weighted by atomic mass is 16.4. The molecule has 0 amide bonds. The molecule has 110 valence electrons. The van der Waals surface area contributed by atoms with Crippen molar-refractivity contribution in [2.45, 2.75) is 12.5 Å². The average molecular weight is 288 g/mol. The van der Waals surface area contributed by atoms with Crippen LogP contribution >= 0.6 is 0 Å². The first kappa shape index (κ1) is 16.4. The predicted octanol–water partition coefficient (Wildman–Crippen LogP) is 2.12. The fraction of sp³-hybridized carbons (Fsp3) is 0.125. The van der Waals surface area contributed by atoms with Crippen LogP contribution in [0.2, 0.25) is 0 Å². The Bertz CT molecular complexity index is 566. The maximum absolute atomic E-state index is 10.2. The van der Waals surface area contributed by atoms with Crippen molar-refractivity contribution in [2.24, 2.45) is 0 Å². The zero-order valence-corrected chi connectivity index (χ0v) is 11.2. The number of carbonyl (C=O) groups is 2. The van der Waals surface area contributed by atoms with Crippen molar-refractivity contribution < 1.29 is 24.9 Å². The summed E-state index contributed by atoms with van der Waals surface area (Å²) >= 11 is 0. The van der Waals surface area contributed by atoms with E-state index in [4.69, 9.17) is 15.3 Å². The molecule has 0 fully saturated rings. The van der Waals surface area contributed by atoms with E-state index in [1.165, 1.54) is 0 Å². The van der Waals surface area contributed by atoms with E-state index in [9.17, 15) is 9.59 Å². The molecule has 1 atom stereocenters. The number of carboxylic acids is 2. The quantitative estimate of drug-likeness (QED) is 0.801. The van der Waals surface area contributed by atoms with E-state index in [0.29, 0.717) is 5.56 Å². The van der Waals surface area contributed by atoms with Crippen LogP contribution in [0.1, 0.15) is 17.2 Å². The van der Waals surface area contributed by atoms with Crippen molar-refractivity contribution in [1.82, 2.24) is 0 Å². The molecule has 3 N–H and O–H groups in total. The number of rotatable bonds is 4. The van der Waals surface area contributed by atoms with Crippen LogP contribution in [0.25, 0.3) is 0 Å². The summed E-state index contributed by atoms with van der Waals surface area (Å²) < 4.78 is 0. The van der Waals surface area contributed by atoms with Gasteiger partial charge in [0.25, 0.3) is 0 Å². The number of aliphatic hydroxyl groups excluding tert-OH is 1. The van der Waals surface area contributed by atoms with E-state index in [1.54, 1.807) is 42.5 Å². The van der Waals surface area contributed by atoms with E-state index in [1.807, 2.05) is 18.2 Å². The number of hydrogen-bond donors (Lipinski definition) is 3. The second-order valence-corrected chi connectivity index (χ2v) is 4.21. The third kappa shape index (κ3) is 6.35. The molecule has 0 aliphatic rings. The summed E-state index contributed by atoms with van der Waals surface area (Å²) in [6.45, 7) is 0. The number of benzene rings is 2. The number of aliphatic hydroxyl groups is 1. The fourth-order valence-corrected chi connectivity index (χ4v) is 1.55. The highest BCUT2D eigenvalue weighted by Gasteiger charge is 2.14. The second kappa shape index (κ2) is 8.50. The van der Waals surface area contributed by atoms with Gasteiger partial charge >= 0.3 is 11.9 Å². The molecule has 0 spiro atoms. The Morgan fingerprint density at radius 3 is 1.76 bits per heavy atom. The first-order valence-electron chi connectivity index (χ1n) is 6.22. The molecule has 2 rings (SSSR count). The van der Waals surface area contributed by atoms with Gasteiger partial charge in [-0.1, -0.05) is 60.7 Å². The smallest absolute Gasteiger partial charge is 0.337 e. The summed E-state index contributed by atoms with van der Waals surface area (Å²) in [5.41, 5.74) is 1.25. The summed E-state index contributed by atoms with van der Waals surface area (Å²) in [4.78, 5) is 20.4. The molecule has 0 heterocycles. The molecule has 21 heavy (non-hydrogen) atoms. The van der Waals surface area contributed by atoms with Crippen molar-refractivity contribution in [3.05, 3.63) is 71.8 Å². The molecular weight excluding hydrogens is 272 g/mol. The van der Waals surface area contributed by atoms with Gasteiger partial charge in [0.2, 0.25) is 0 Å². The molecular formula is C16H16O5. The summed E-state index contributed by atoms with van der Waals surface area (Å²) in [5.74, 6) is -2.01. The number of aliphatic carboxylic acids is 2. The lowest BCUT2D eigenvalue weighted by molar-refractivity contribution is -0.147. The van der Waals surface area contributed by atoms with E-state index in [2.05, 4.69) is 0 Å². The molecule has 0 aliphatic carbocycles. The largest absolute Gasteiger partial charge is 0.481 e. The second-order valence-electron chi connectivity index (χ2n) is 4.21. The Hall–Kier alpha value is -2.66. The van der Waals surface area contributed by atoms with Gasteiger partial charge in [0, 0.05) is 0 Å². The maximum atomic E-state index is 10.2. The van der Waals surface area contributed by atoms with Gasteiger partial charge in [-0.2, -0.15) is 0 Å². The topological polar surface area (TPSA) is 94.8 Å². The molecule has 0 saturated heterocycles. The summed E-state index contributed by atoms with van der Waals surface area (Å²) in [6, 6.07) is 17.4. The van der Waals surface area contributed by atoms with Crippen LogP contribution in [0, 0.1) is 0 Å². The fourth-order valence-electron chi connectivity index (χ4n) is 1.55. The van der Waals surface area contributed by atoms with Gasteiger partial charge in [-0.15, -0.1) is 0 Å². The van der Waals surface area contributed by atoms with E-state index < -0.39 is 18.0 Å². The van der Waals surface area contributed by atoms with Gasteiger partial charge in [-0.3, -0.25) is 4.79 Å². The van der Waals surface area contributed by atoms with Crippen molar-refractivity contribution in [1.29, 1.82) is 0 Å². The number of carboxylic acid groups (broad SMARTS) is 2. The van der Waals surface area contributed by atoms with Gasteiger partial charge in [-0.25, -0.2) is 4.79 Å². The van der Waals surface area contributed by atoms with E-state index in [0.717, 1.165) is 5.56 Å². The zero-order chi connectivity index (χ0) is 15.7. The van der Waals surface area contributed by atoms with Crippen LogP contribution < -0.4 is 0 Å². The highest BCUT2D eigenvalue weighted by Crippen LogP contribution is 2.10. The highest BCUT2D eigenvalue weighted by molar-refractivity contribution is 5.73. The van der Waals surface area contributed by atoms with Crippen LogP contribution in [0.3, 0.4) is 0 Å². The molecule has 0 aliphatic heterocycles. The third-order valence-corrected chi connectivity index (χ3v) is 2.55. The minimum absolute atomic E-state index is 0.112. The number of hydrogen-bond acceptors (Lipinski definition) is 3. The minimum atomic E-state index is -1.41. The predicted molar refractivity (Wildman–Crippen MR) is 76.8 cm³/mol. The lowest BCUT2D eigenvalue weighted by Crippen LogP contribution is -2.09. The summed E-state index contributed by atoms with van der Waals surface area (Å²) in [7, 11) is 0. The monoisotopic (exact) mass is 288 g/mol.